The number of benzene rings is 2. The van der Waals surface area contributed by atoms with Crippen LogP contribution in [0.2, 0.25) is 5.28 Å². The summed E-state index contributed by atoms with van der Waals surface area (Å²) in [6.45, 7) is 5.24. The van der Waals surface area contributed by atoms with E-state index in [4.69, 9.17) is 11.6 Å². The number of aliphatic imine (C=N–C) groups is 2. The Hall–Kier alpha value is -6.03. The molecule has 0 atom stereocenters. The molecule has 0 saturated carbocycles. The van der Waals surface area contributed by atoms with Crippen LogP contribution in [-0.2, 0) is 39.0 Å². The maximum atomic E-state index is 13.9. The van der Waals surface area contributed by atoms with Gasteiger partial charge >= 0.3 is 0 Å². The zero-order chi connectivity index (χ0) is 38.8. The van der Waals surface area contributed by atoms with E-state index in [0.29, 0.717) is 65.7 Å². The number of halogens is 5. The molecular formula is C38H33ClF4N10O2. The minimum absolute atomic E-state index is 0.0742. The lowest BCUT2D eigenvalue weighted by Gasteiger charge is -2.07. The average Bonchev–Trinajstić information content (AvgIpc) is 3.99. The van der Waals surface area contributed by atoms with Crippen molar-refractivity contribution in [2.75, 3.05) is 0 Å². The first-order valence-corrected chi connectivity index (χ1v) is 17.9. The molecule has 8 rings (SSSR count). The number of fused-ring (bicyclic) bond motifs is 2. The van der Waals surface area contributed by atoms with Crippen LogP contribution < -0.4 is 11.1 Å². The van der Waals surface area contributed by atoms with E-state index in [1.54, 1.807) is 29.4 Å². The van der Waals surface area contributed by atoms with E-state index in [2.05, 4.69) is 30.2 Å². The van der Waals surface area contributed by atoms with E-state index >= 15 is 0 Å². The fraction of sp³-hybridized carbons (Fsp3) is 0.263. The van der Waals surface area contributed by atoms with E-state index in [0.717, 1.165) is 30.5 Å². The van der Waals surface area contributed by atoms with Crippen molar-refractivity contribution in [2.24, 2.45) is 9.98 Å². The summed E-state index contributed by atoms with van der Waals surface area (Å²) >= 11 is 6.11. The maximum absolute atomic E-state index is 13.9. The van der Waals surface area contributed by atoms with E-state index in [1.165, 1.54) is 44.5 Å². The van der Waals surface area contributed by atoms with Crippen molar-refractivity contribution in [3.63, 3.8) is 0 Å². The van der Waals surface area contributed by atoms with Crippen LogP contribution in [0, 0.1) is 23.3 Å². The fourth-order valence-electron chi connectivity index (χ4n) is 6.29. The monoisotopic (exact) mass is 772 g/mol. The largest absolute Gasteiger partial charge is 0.299 e. The third kappa shape index (κ3) is 7.67. The van der Waals surface area contributed by atoms with Gasteiger partial charge in [0.15, 0.2) is 34.9 Å². The molecule has 282 valence electrons. The Morgan fingerprint density at radius 3 is 1.78 bits per heavy atom. The molecule has 0 spiro atoms. The number of aryl methyl sites for hydroxylation is 1. The van der Waals surface area contributed by atoms with Gasteiger partial charge in [0.1, 0.15) is 0 Å². The van der Waals surface area contributed by atoms with Crippen LogP contribution in [-0.4, -0.2) is 50.1 Å². The van der Waals surface area contributed by atoms with Crippen molar-refractivity contribution < 1.29 is 17.6 Å². The summed E-state index contributed by atoms with van der Waals surface area (Å²) in [6.07, 6.45) is 10.4. The summed E-state index contributed by atoms with van der Waals surface area (Å²) in [5.74, 6) is -2.79. The number of rotatable bonds is 10. The minimum Gasteiger partial charge on any atom is -0.299 e. The second kappa shape index (κ2) is 15.8. The molecule has 2 aliphatic rings. The highest BCUT2D eigenvalue weighted by Crippen LogP contribution is 2.27. The van der Waals surface area contributed by atoms with Gasteiger partial charge in [-0.15, -0.1) is 0 Å². The Balaban J connectivity index is 0.000000169. The predicted molar refractivity (Wildman–Crippen MR) is 198 cm³/mol. The highest BCUT2D eigenvalue weighted by Gasteiger charge is 2.25. The van der Waals surface area contributed by atoms with E-state index in [1.807, 2.05) is 13.8 Å². The van der Waals surface area contributed by atoms with E-state index in [-0.39, 0.29) is 40.6 Å². The third-order valence-corrected chi connectivity index (χ3v) is 9.33. The first kappa shape index (κ1) is 37.3. The standard InChI is InChI=1S/C19H16ClF2N5O.C19H17F2N5O/c1-2-6-27-18(28)13-7-15(24-17(13)25-19(27)20)12-8-23-26(10-12)9-11-4-3-5-14(21)16(11)22;1-2-6-25-11-22-18-14(19(25)27)7-16(24-18)13-8-23-26(10-13)9-12-4-3-5-15(20)17(12)21/h3-5,8,10H,2,6-7,9H2,1H3;3-5,8,10-11H,2,6-7,9H2,1H3. The Morgan fingerprint density at radius 2 is 1.24 bits per heavy atom. The summed E-state index contributed by atoms with van der Waals surface area (Å²) in [6, 6.07) is 8.08. The second-order valence-corrected chi connectivity index (χ2v) is 13.3. The van der Waals surface area contributed by atoms with Gasteiger partial charge in [0, 0.05) is 60.6 Å². The molecule has 55 heavy (non-hydrogen) atoms. The molecule has 6 heterocycles. The molecule has 4 aromatic heterocycles. The van der Waals surface area contributed by atoms with Gasteiger partial charge in [-0.1, -0.05) is 38.1 Å². The van der Waals surface area contributed by atoms with Crippen molar-refractivity contribution in [3.8, 4) is 0 Å². The van der Waals surface area contributed by atoms with Crippen molar-refractivity contribution in [1.82, 2.24) is 38.7 Å². The lowest BCUT2D eigenvalue weighted by atomic mass is 10.1. The van der Waals surface area contributed by atoms with Crippen molar-refractivity contribution in [1.29, 1.82) is 0 Å². The van der Waals surface area contributed by atoms with Crippen LogP contribution in [0.25, 0.3) is 0 Å². The lowest BCUT2D eigenvalue weighted by Crippen LogP contribution is -2.25. The van der Waals surface area contributed by atoms with Crippen LogP contribution in [0.4, 0.5) is 29.2 Å². The predicted octanol–water partition coefficient (Wildman–Crippen LogP) is 6.36. The van der Waals surface area contributed by atoms with Crippen LogP contribution in [0.5, 0.6) is 0 Å². The van der Waals surface area contributed by atoms with Crippen molar-refractivity contribution in [3.05, 3.63) is 150 Å². The van der Waals surface area contributed by atoms with Gasteiger partial charge in [0.2, 0.25) is 5.28 Å². The highest BCUT2D eigenvalue weighted by molar-refractivity contribution is 6.28. The van der Waals surface area contributed by atoms with Gasteiger partial charge < -0.3 is 0 Å². The van der Waals surface area contributed by atoms with Crippen molar-refractivity contribution >= 4 is 34.7 Å². The molecule has 0 N–H and O–H groups in total. The molecular weight excluding hydrogens is 740 g/mol. The Bertz CT molecular complexity index is 2610. The summed E-state index contributed by atoms with van der Waals surface area (Å²) in [5, 5.41) is 8.51. The Morgan fingerprint density at radius 1 is 0.709 bits per heavy atom. The van der Waals surface area contributed by atoms with Crippen LogP contribution in [0.1, 0.15) is 60.1 Å². The number of hydrogen-bond donors (Lipinski definition) is 0. The van der Waals surface area contributed by atoms with Gasteiger partial charge in [0.05, 0.1) is 54.4 Å². The topological polar surface area (TPSA) is 130 Å². The maximum Gasteiger partial charge on any atom is 0.260 e. The highest BCUT2D eigenvalue weighted by atomic mass is 35.5. The van der Waals surface area contributed by atoms with Gasteiger partial charge in [-0.2, -0.15) is 15.2 Å². The summed E-state index contributed by atoms with van der Waals surface area (Å²) in [5.41, 5.74) is 3.96. The molecule has 0 unspecified atom stereocenters. The summed E-state index contributed by atoms with van der Waals surface area (Å²) in [7, 11) is 0. The molecule has 0 bridgehead atoms. The van der Waals surface area contributed by atoms with E-state index < -0.39 is 23.3 Å². The smallest absolute Gasteiger partial charge is 0.260 e. The first-order valence-electron chi connectivity index (χ1n) is 17.5. The van der Waals surface area contributed by atoms with E-state index in [9.17, 15) is 27.2 Å². The number of hydrogen-bond acceptors (Lipinski definition) is 8. The van der Waals surface area contributed by atoms with Gasteiger partial charge in [-0.3, -0.25) is 28.1 Å². The zero-order valence-corrected chi connectivity index (χ0v) is 30.4. The SMILES string of the molecule is CCCn1c(Cl)nc2c(c1=O)CC(c1cnn(Cc3cccc(F)c3F)c1)=N2.CCCn1cnc2c(c1=O)CC(c1cnn(Cc3cccc(F)c3F)c1)=N2. The van der Waals surface area contributed by atoms with Crippen LogP contribution in [0.3, 0.4) is 0 Å². The Labute approximate surface area is 316 Å². The molecule has 0 saturated heterocycles. The fourth-order valence-corrected chi connectivity index (χ4v) is 6.53. The number of aromatic nitrogens is 8. The molecule has 0 radical (unpaired) electrons. The zero-order valence-electron chi connectivity index (χ0n) is 29.7. The first-order chi connectivity index (χ1) is 26.5. The lowest BCUT2D eigenvalue weighted by molar-refractivity contribution is 0.492. The van der Waals surface area contributed by atoms with Crippen LogP contribution >= 0.6 is 11.6 Å². The minimum atomic E-state index is -0.896. The quantitative estimate of drug-likeness (QED) is 0.118. The number of nitrogens with zero attached hydrogens (tertiary/aromatic N) is 10. The average molecular weight is 773 g/mol. The summed E-state index contributed by atoms with van der Waals surface area (Å²) < 4.78 is 60.5. The Kier molecular flexibility index (Phi) is 10.7. The molecule has 17 heteroatoms. The van der Waals surface area contributed by atoms with Crippen molar-refractivity contribution in [2.45, 2.75) is 65.7 Å². The second-order valence-electron chi connectivity index (χ2n) is 12.9. The molecule has 0 fully saturated rings. The molecule has 0 amide bonds. The van der Waals surface area contributed by atoms with Gasteiger partial charge in [-0.05, 0) is 36.6 Å². The molecule has 2 aromatic carbocycles. The normalized spacial score (nSPS) is 12.9. The summed E-state index contributed by atoms with van der Waals surface area (Å²) in [4.78, 5) is 42.5. The van der Waals surface area contributed by atoms with Gasteiger partial charge in [-0.25, -0.2) is 32.5 Å². The molecule has 12 nitrogen and oxygen atoms in total. The van der Waals surface area contributed by atoms with Crippen LogP contribution in [0.15, 0.2) is 87.1 Å². The third-order valence-electron chi connectivity index (χ3n) is 9.05. The molecule has 6 aromatic rings. The molecule has 2 aliphatic heterocycles. The molecule has 0 aliphatic carbocycles. The van der Waals surface area contributed by atoms with Gasteiger partial charge in [0.25, 0.3) is 11.1 Å².